The number of ether oxygens (including phenoxy) is 1. The van der Waals surface area contributed by atoms with Gasteiger partial charge in [-0.05, 0) is 38.8 Å². The van der Waals surface area contributed by atoms with Crippen LogP contribution in [0.25, 0.3) is 0 Å². The normalized spacial score (nSPS) is 24.6. The highest BCUT2D eigenvalue weighted by Gasteiger charge is 2.39. The van der Waals surface area contributed by atoms with Crippen molar-refractivity contribution < 1.29 is 14.6 Å². The predicted molar refractivity (Wildman–Crippen MR) is 78.1 cm³/mol. The van der Waals surface area contributed by atoms with Crippen LogP contribution < -0.4 is 4.74 Å². The van der Waals surface area contributed by atoms with Gasteiger partial charge in [0.2, 0.25) is 0 Å². The predicted octanol–water partition coefficient (Wildman–Crippen LogP) is 2.86. The molecule has 1 N–H and O–H groups in total. The van der Waals surface area contributed by atoms with Crippen LogP contribution in [-0.2, 0) is 4.79 Å². The molecule has 0 bridgehead atoms. The monoisotopic (exact) mass is 277 g/mol. The maximum atomic E-state index is 11.5. The highest BCUT2D eigenvalue weighted by atomic mass is 16.5. The van der Waals surface area contributed by atoms with Gasteiger partial charge in [-0.2, -0.15) is 0 Å². The summed E-state index contributed by atoms with van der Waals surface area (Å²) in [5.41, 5.74) is 2.22. The van der Waals surface area contributed by atoms with Crippen molar-refractivity contribution in [2.75, 3.05) is 13.7 Å². The molecule has 1 saturated heterocycles. The number of methoxy groups -OCH3 is 1. The van der Waals surface area contributed by atoms with Crippen molar-refractivity contribution >= 4 is 5.97 Å². The molecule has 0 amide bonds. The van der Waals surface area contributed by atoms with Gasteiger partial charge in [0, 0.05) is 11.6 Å². The molecule has 4 nitrogen and oxygen atoms in total. The molecule has 4 heteroatoms. The number of carboxylic acid groups (broad SMARTS) is 1. The molecule has 1 fully saturated rings. The van der Waals surface area contributed by atoms with Gasteiger partial charge in [0.1, 0.15) is 11.8 Å². The minimum absolute atomic E-state index is 0.0379. The molecule has 2 rings (SSSR count). The third-order valence-corrected chi connectivity index (χ3v) is 4.32. The highest BCUT2D eigenvalue weighted by Crippen LogP contribution is 2.36. The summed E-state index contributed by atoms with van der Waals surface area (Å²) < 4.78 is 5.43. The first-order valence-electron chi connectivity index (χ1n) is 7.08. The van der Waals surface area contributed by atoms with Crippen LogP contribution in [0, 0.1) is 12.8 Å². The number of aryl methyl sites for hydroxylation is 1. The van der Waals surface area contributed by atoms with Crippen molar-refractivity contribution in [2.24, 2.45) is 5.92 Å². The third-order valence-electron chi connectivity index (χ3n) is 4.32. The molecule has 3 atom stereocenters. The lowest BCUT2D eigenvalue weighted by molar-refractivity contribution is -0.144. The van der Waals surface area contributed by atoms with Crippen molar-refractivity contribution in [1.29, 1.82) is 0 Å². The largest absolute Gasteiger partial charge is 0.496 e. The first kappa shape index (κ1) is 14.9. The highest BCUT2D eigenvalue weighted by molar-refractivity contribution is 5.74. The molecule has 0 aliphatic carbocycles. The number of nitrogens with zero attached hydrogens (tertiary/aromatic N) is 1. The van der Waals surface area contributed by atoms with E-state index in [1.165, 1.54) is 0 Å². The Labute approximate surface area is 120 Å². The number of benzene rings is 1. The maximum absolute atomic E-state index is 11.5. The van der Waals surface area contributed by atoms with Crippen LogP contribution in [0.4, 0.5) is 0 Å². The average Bonchev–Trinajstić information content (AvgIpc) is 2.79. The van der Waals surface area contributed by atoms with Crippen molar-refractivity contribution in [3.8, 4) is 5.75 Å². The Morgan fingerprint density at radius 2 is 2.20 bits per heavy atom. The molecule has 1 aromatic rings. The zero-order chi connectivity index (χ0) is 14.9. The summed E-state index contributed by atoms with van der Waals surface area (Å²) in [6.45, 7) is 6.93. The van der Waals surface area contributed by atoms with Crippen molar-refractivity contribution in [1.82, 2.24) is 4.90 Å². The van der Waals surface area contributed by atoms with E-state index in [-0.39, 0.29) is 12.0 Å². The Kier molecular flexibility index (Phi) is 4.33. The van der Waals surface area contributed by atoms with Crippen LogP contribution in [-0.4, -0.2) is 35.7 Å². The van der Waals surface area contributed by atoms with E-state index in [2.05, 4.69) is 17.9 Å². The zero-order valence-electron chi connectivity index (χ0n) is 12.6. The second-order valence-electron chi connectivity index (χ2n) is 5.71. The summed E-state index contributed by atoms with van der Waals surface area (Å²) in [7, 11) is 1.65. The van der Waals surface area contributed by atoms with E-state index < -0.39 is 12.0 Å². The molecule has 3 unspecified atom stereocenters. The topological polar surface area (TPSA) is 49.8 Å². The molecule has 20 heavy (non-hydrogen) atoms. The van der Waals surface area contributed by atoms with Gasteiger partial charge in [-0.25, -0.2) is 0 Å². The number of aliphatic carboxylic acids is 1. The van der Waals surface area contributed by atoms with Gasteiger partial charge in [-0.15, -0.1) is 0 Å². The Morgan fingerprint density at radius 3 is 2.80 bits per heavy atom. The summed E-state index contributed by atoms with van der Waals surface area (Å²) >= 11 is 0. The number of hydrogen-bond acceptors (Lipinski definition) is 3. The SMILES string of the molecule is COc1ccc(C)cc1C(C)N1CCC(C)C1C(=O)O. The van der Waals surface area contributed by atoms with Gasteiger partial charge in [0.05, 0.1) is 7.11 Å². The third kappa shape index (κ3) is 2.66. The van der Waals surface area contributed by atoms with Gasteiger partial charge in [0.25, 0.3) is 0 Å². The first-order chi connectivity index (χ1) is 9.45. The zero-order valence-corrected chi connectivity index (χ0v) is 12.6. The Morgan fingerprint density at radius 1 is 1.50 bits per heavy atom. The summed E-state index contributed by atoms with van der Waals surface area (Å²) in [6, 6.07) is 5.68. The van der Waals surface area contributed by atoms with Gasteiger partial charge in [-0.3, -0.25) is 9.69 Å². The smallest absolute Gasteiger partial charge is 0.321 e. The van der Waals surface area contributed by atoms with Crippen LogP contribution in [0.15, 0.2) is 18.2 Å². The Hall–Kier alpha value is -1.55. The summed E-state index contributed by atoms with van der Waals surface area (Å²) in [5, 5.41) is 9.46. The van der Waals surface area contributed by atoms with E-state index in [9.17, 15) is 9.90 Å². The van der Waals surface area contributed by atoms with Gasteiger partial charge in [0.15, 0.2) is 0 Å². The molecule has 0 spiro atoms. The first-order valence-corrected chi connectivity index (χ1v) is 7.08. The molecule has 1 aliphatic heterocycles. The molecule has 0 aromatic heterocycles. The summed E-state index contributed by atoms with van der Waals surface area (Å²) in [5.74, 6) is 0.283. The lowest BCUT2D eigenvalue weighted by atomic mass is 9.99. The molecule has 1 aromatic carbocycles. The van der Waals surface area contributed by atoms with Crippen molar-refractivity contribution in [3.63, 3.8) is 0 Å². The molecule has 1 aliphatic rings. The quantitative estimate of drug-likeness (QED) is 0.919. The Balaban J connectivity index is 2.33. The Bertz CT molecular complexity index is 500. The number of likely N-dealkylation sites (tertiary alicyclic amines) is 1. The van der Waals surface area contributed by atoms with Crippen molar-refractivity contribution in [2.45, 2.75) is 39.3 Å². The minimum atomic E-state index is -0.728. The van der Waals surface area contributed by atoms with E-state index in [1.54, 1.807) is 7.11 Å². The number of hydrogen-bond donors (Lipinski definition) is 1. The van der Waals surface area contributed by atoms with E-state index in [0.717, 1.165) is 29.8 Å². The summed E-state index contributed by atoms with van der Waals surface area (Å²) in [6.07, 6.45) is 0.926. The van der Waals surface area contributed by atoms with Crippen LogP contribution >= 0.6 is 0 Å². The van der Waals surface area contributed by atoms with E-state index in [1.807, 2.05) is 26.0 Å². The maximum Gasteiger partial charge on any atom is 0.321 e. The van der Waals surface area contributed by atoms with Crippen LogP contribution in [0.2, 0.25) is 0 Å². The van der Waals surface area contributed by atoms with E-state index in [4.69, 9.17) is 4.74 Å². The molecule has 1 heterocycles. The fourth-order valence-electron chi connectivity index (χ4n) is 3.16. The fourth-order valence-corrected chi connectivity index (χ4v) is 3.16. The number of carboxylic acids is 1. The standard InChI is InChI=1S/C16H23NO3/c1-10-5-6-14(20-4)13(9-10)12(3)17-8-7-11(2)15(17)16(18)19/h5-6,9,11-12,15H,7-8H2,1-4H3,(H,18,19). The minimum Gasteiger partial charge on any atom is -0.496 e. The van der Waals surface area contributed by atoms with Crippen LogP contribution in [0.5, 0.6) is 5.75 Å². The van der Waals surface area contributed by atoms with Gasteiger partial charge >= 0.3 is 5.97 Å². The van der Waals surface area contributed by atoms with Crippen LogP contribution in [0.3, 0.4) is 0 Å². The lowest BCUT2D eigenvalue weighted by Gasteiger charge is -2.30. The second kappa shape index (κ2) is 5.83. The van der Waals surface area contributed by atoms with Crippen molar-refractivity contribution in [3.05, 3.63) is 29.3 Å². The van der Waals surface area contributed by atoms with E-state index in [0.29, 0.717) is 0 Å². The number of carbonyl (C=O) groups is 1. The average molecular weight is 277 g/mol. The molecular formula is C16H23NO3. The number of rotatable bonds is 4. The molecule has 0 saturated carbocycles. The van der Waals surface area contributed by atoms with Crippen LogP contribution in [0.1, 0.15) is 37.4 Å². The lowest BCUT2D eigenvalue weighted by Crippen LogP contribution is -2.40. The second-order valence-corrected chi connectivity index (χ2v) is 5.71. The van der Waals surface area contributed by atoms with E-state index >= 15 is 0 Å². The molecule has 0 radical (unpaired) electrons. The molecular weight excluding hydrogens is 254 g/mol. The van der Waals surface area contributed by atoms with Gasteiger partial charge in [-0.1, -0.05) is 24.6 Å². The fraction of sp³-hybridized carbons (Fsp3) is 0.562. The summed E-state index contributed by atoms with van der Waals surface area (Å²) in [4.78, 5) is 13.6. The molecule has 110 valence electrons. The van der Waals surface area contributed by atoms with Gasteiger partial charge < -0.3 is 9.84 Å².